The molecule has 2 aromatic heterocycles. The molecule has 2 aromatic rings. The Morgan fingerprint density at radius 3 is 2.79 bits per heavy atom. The van der Waals surface area contributed by atoms with E-state index in [1.54, 1.807) is 22.7 Å². The smallest absolute Gasteiger partial charge is 0.0632 e. The molecular weight excluding hydrogens is 214 g/mol. The molecule has 0 amide bonds. The Hall–Kier alpha value is -0.680. The average molecular weight is 225 g/mol. The Kier molecular flexibility index (Phi) is 2.98. The molecule has 0 saturated heterocycles. The molecule has 3 N–H and O–H groups in total. The van der Waals surface area contributed by atoms with Crippen LogP contribution in [0.3, 0.4) is 0 Å². The van der Waals surface area contributed by atoms with E-state index in [4.69, 9.17) is 10.8 Å². The maximum absolute atomic E-state index is 8.91. The second kappa shape index (κ2) is 4.23. The summed E-state index contributed by atoms with van der Waals surface area (Å²) in [6.45, 7) is 0.00436. The molecule has 74 valence electrons. The van der Waals surface area contributed by atoms with Crippen LogP contribution in [0.2, 0.25) is 0 Å². The lowest BCUT2D eigenvalue weighted by atomic mass is 10.3. The van der Waals surface area contributed by atoms with Crippen molar-refractivity contribution in [2.75, 3.05) is 6.61 Å². The SMILES string of the molecule is N[C@@H](CO)c1ccc(-c2cccs2)s1. The van der Waals surface area contributed by atoms with Crippen LogP contribution in [-0.2, 0) is 0 Å². The van der Waals surface area contributed by atoms with Gasteiger partial charge in [0, 0.05) is 14.6 Å². The molecule has 0 bridgehead atoms. The zero-order chi connectivity index (χ0) is 9.97. The van der Waals surface area contributed by atoms with E-state index in [1.807, 2.05) is 12.1 Å². The third kappa shape index (κ3) is 1.88. The quantitative estimate of drug-likeness (QED) is 0.843. The molecule has 0 unspecified atom stereocenters. The summed E-state index contributed by atoms with van der Waals surface area (Å²) in [6.07, 6.45) is 0. The molecule has 0 aliphatic carbocycles. The van der Waals surface area contributed by atoms with Crippen molar-refractivity contribution in [1.82, 2.24) is 0 Å². The van der Waals surface area contributed by atoms with Crippen molar-refractivity contribution in [2.45, 2.75) is 6.04 Å². The first-order valence-electron chi connectivity index (χ1n) is 4.31. The molecule has 4 heteroatoms. The largest absolute Gasteiger partial charge is 0.394 e. The van der Waals surface area contributed by atoms with Crippen molar-refractivity contribution < 1.29 is 5.11 Å². The molecule has 0 aromatic carbocycles. The van der Waals surface area contributed by atoms with Gasteiger partial charge in [-0.1, -0.05) is 6.07 Å². The predicted octanol–water partition coefficient (Wildman–Crippen LogP) is 2.47. The number of hydrogen-bond acceptors (Lipinski definition) is 4. The van der Waals surface area contributed by atoms with Gasteiger partial charge in [-0.2, -0.15) is 0 Å². The van der Waals surface area contributed by atoms with Crippen molar-refractivity contribution in [3.05, 3.63) is 34.5 Å². The first-order valence-corrected chi connectivity index (χ1v) is 6.01. The lowest BCUT2D eigenvalue weighted by molar-refractivity contribution is 0.269. The summed E-state index contributed by atoms with van der Waals surface area (Å²) >= 11 is 3.36. The van der Waals surface area contributed by atoms with Crippen LogP contribution in [0.25, 0.3) is 9.75 Å². The Balaban J connectivity index is 2.26. The molecule has 0 aliphatic rings. The number of rotatable bonds is 3. The standard InChI is InChI=1S/C10H11NOS2/c11-7(6-12)8-3-4-10(14-8)9-2-1-5-13-9/h1-5,7,12H,6,11H2/t7-/m0/s1. The van der Waals surface area contributed by atoms with Crippen LogP contribution in [0, 0.1) is 0 Å². The van der Waals surface area contributed by atoms with Crippen LogP contribution in [0.15, 0.2) is 29.6 Å². The Morgan fingerprint density at radius 2 is 2.14 bits per heavy atom. The van der Waals surface area contributed by atoms with Gasteiger partial charge >= 0.3 is 0 Å². The third-order valence-electron chi connectivity index (χ3n) is 1.95. The van der Waals surface area contributed by atoms with Crippen LogP contribution in [0.5, 0.6) is 0 Å². The maximum Gasteiger partial charge on any atom is 0.0632 e. The molecular formula is C10H11NOS2. The van der Waals surface area contributed by atoms with Gasteiger partial charge in [0.15, 0.2) is 0 Å². The fraction of sp³-hybridized carbons (Fsp3) is 0.200. The highest BCUT2D eigenvalue weighted by molar-refractivity contribution is 7.21. The van der Waals surface area contributed by atoms with Crippen LogP contribution >= 0.6 is 22.7 Å². The maximum atomic E-state index is 8.91. The van der Waals surface area contributed by atoms with E-state index in [9.17, 15) is 0 Å². The summed E-state index contributed by atoms with van der Waals surface area (Å²) in [7, 11) is 0. The van der Waals surface area contributed by atoms with Gasteiger partial charge in [0.25, 0.3) is 0 Å². The number of thiophene rings is 2. The van der Waals surface area contributed by atoms with Gasteiger partial charge in [0.2, 0.25) is 0 Å². The molecule has 1 atom stereocenters. The highest BCUT2D eigenvalue weighted by Crippen LogP contribution is 2.33. The fourth-order valence-electron chi connectivity index (χ4n) is 1.19. The first kappa shape index (κ1) is 9.86. The monoisotopic (exact) mass is 225 g/mol. The highest BCUT2D eigenvalue weighted by Gasteiger charge is 2.09. The minimum Gasteiger partial charge on any atom is -0.394 e. The molecule has 2 heterocycles. The van der Waals surface area contributed by atoms with E-state index in [1.165, 1.54) is 9.75 Å². The summed E-state index contributed by atoms with van der Waals surface area (Å²) < 4.78 is 0. The molecule has 0 aliphatic heterocycles. The zero-order valence-corrected chi connectivity index (χ0v) is 9.15. The van der Waals surface area contributed by atoms with Crippen LogP contribution in [-0.4, -0.2) is 11.7 Å². The van der Waals surface area contributed by atoms with E-state index >= 15 is 0 Å². The number of hydrogen-bond donors (Lipinski definition) is 2. The van der Waals surface area contributed by atoms with Crippen molar-refractivity contribution in [3.8, 4) is 9.75 Å². The van der Waals surface area contributed by atoms with Gasteiger partial charge in [-0.3, -0.25) is 0 Å². The predicted molar refractivity (Wildman–Crippen MR) is 61.6 cm³/mol. The van der Waals surface area contributed by atoms with Gasteiger partial charge in [0.1, 0.15) is 0 Å². The third-order valence-corrected chi connectivity index (χ3v) is 4.24. The summed E-state index contributed by atoms with van der Waals surface area (Å²) in [5, 5.41) is 11.0. The second-order valence-corrected chi connectivity index (χ2v) is 5.03. The highest BCUT2D eigenvalue weighted by atomic mass is 32.1. The van der Waals surface area contributed by atoms with Crippen molar-refractivity contribution in [1.29, 1.82) is 0 Å². The van der Waals surface area contributed by atoms with Crippen LogP contribution in [0.1, 0.15) is 10.9 Å². The average Bonchev–Trinajstić information content (AvgIpc) is 2.86. The number of aliphatic hydroxyl groups excluding tert-OH is 1. The van der Waals surface area contributed by atoms with Crippen molar-refractivity contribution >= 4 is 22.7 Å². The van der Waals surface area contributed by atoms with E-state index in [-0.39, 0.29) is 12.6 Å². The van der Waals surface area contributed by atoms with E-state index in [0.29, 0.717) is 0 Å². The lowest BCUT2D eigenvalue weighted by Gasteiger charge is -2.02. The second-order valence-electron chi connectivity index (χ2n) is 2.97. The summed E-state index contributed by atoms with van der Waals surface area (Å²) in [4.78, 5) is 3.51. The molecule has 0 fully saturated rings. The molecule has 2 rings (SSSR count). The van der Waals surface area contributed by atoms with Gasteiger partial charge in [-0.05, 0) is 23.6 Å². The first-order chi connectivity index (χ1) is 6.81. The topological polar surface area (TPSA) is 46.2 Å². The summed E-state index contributed by atoms with van der Waals surface area (Å²) in [5.74, 6) is 0. The molecule has 0 radical (unpaired) electrons. The Bertz CT molecular complexity index is 394. The van der Waals surface area contributed by atoms with E-state index in [0.717, 1.165) is 4.88 Å². The minimum atomic E-state index is -0.242. The fourth-order valence-corrected chi connectivity index (χ4v) is 3.03. The summed E-state index contributed by atoms with van der Waals surface area (Å²) in [5.41, 5.74) is 5.72. The molecule has 14 heavy (non-hydrogen) atoms. The van der Waals surface area contributed by atoms with Crippen LogP contribution in [0.4, 0.5) is 0 Å². The van der Waals surface area contributed by atoms with Gasteiger partial charge in [0.05, 0.1) is 12.6 Å². The van der Waals surface area contributed by atoms with E-state index in [2.05, 4.69) is 17.5 Å². The Morgan fingerprint density at radius 1 is 1.29 bits per heavy atom. The number of aliphatic hydroxyl groups is 1. The minimum absolute atomic E-state index is 0.00436. The lowest BCUT2D eigenvalue weighted by Crippen LogP contribution is -2.12. The molecule has 2 nitrogen and oxygen atoms in total. The van der Waals surface area contributed by atoms with Crippen molar-refractivity contribution in [3.63, 3.8) is 0 Å². The van der Waals surface area contributed by atoms with Crippen molar-refractivity contribution in [2.24, 2.45) is 5.73 Å². The molecule has 0 saturated carbocycles. The van der Waals surface area contributed by atoms with Gasteiger partial charge < -0.3 is 10.8 Å². The zero-order valence-electron chi connectivity index (χ0n) is 7.51. The van der Waals surface area contributed by atoms with Gasteiger partial charge in [-0.25, -0.2) is 0 Å². The normalized spacial score (nSPS) is 13.0. The summed E-state index contributed by atoms with van der Waals surface area (Å²) in [6, 6.07) is 7.92. The van der Waals surface area contributed by atoms with Gasteiger partial charge in [-0.15, -0.1) is 22.7 Å². The molecule has 0 spiro atoms. The number of nitrogens with two attached hydrogens (primary N) is 1. The van der Waals surface area contributed by atoms with Crippen LogP contribution < -0.4 is 5.73 Å². The van der Waals surface area contributed by atoms with E-state index < -0.39 is 0 Å². The Labute approximate surface area is 90.6 Å².